The fourth-order valence-electron chi connectivity index (χ4n) is 2.34. The van der Waals surface area contributed by atoms with Crippen molar-refractivity contribution in [2.75, 3.05) is 11.9 Å². The summed E-state index contributed by atoms with van der Waals surface area (Å²) in [4.78, 5) is 20.5. The highest BCUT2D eigenvalue weighted by Crippen LogP contribution is 2.22. The van der Waals surface area contributed by atoms with Crippen molar-refractivity contribution in [1.82, 2.24) is 9.97 Å². The molecule has 3 aromatic rings. The van der Waals surface area contributed by atoms with Crippen LogP contribution in [0.3, 0.4) is 0 Å². The number of amides is 1. The van der Waals surface area contributed by atoms with E-state index in [1.54, 1.807) is 60.9 Å². The summed E-state index contributed by atoms with van der Waals surface area (Å²) in [6, 6.07) is 14.2. The van der Waals surface area contributed by atoms with Gasteiger partial charge >= 0.3 is 0 Å². The van der Waals surface area contributed by atoms with Gasteiger partial charge in [-0.1, -0.05) is 19.4 Å². The molecule has 0 aliphatic carbocycles. The molecule has 1 amide bonds. The molecule has 1 heterocycles. The van der Waals surface area contributed by atoms with Crippen LogP contribution in [0.25, 0.3) is 0 Å². The highest BCUT2D eigenvalue weighted by molar-refractivity contribution is 6.04. The molecule has 1 N–H and O–H groups in total. The first-order valence-electron chi connectivity index (χ1n) is 8.83. The number of ether oxygens (including phenoxy) is 2. The van der Waals surface area contributed by atoms with Crippen molar-refractivity contribution in [1.29, 1.82) is 0 Å². The molecule has 0 aliphatic heterocycles. The van der Waals surface area contributed by atoms with Crippen LogP contribution in [0.5, 0.6) is 17.4 Å². The van der Waals surface area contributed by atoms with Crippen LogP contribution in [0.15, 0.2) is 67.1 Å². The molecule has 0 saturated carbocycles. The van der Waals surface area contributed by atoms with Crippen molar-refractivity contribution in [3.8, 4) is 17.4 Å². The van der Waals surface area contributed by atoms with E-state index in [2.05, 4.69) is 22.2 Å². The first-order chi connectivity index (χ1) is 13.2. The molecule has 0 aliphatic rings. The van der Waals surface area contributed by atoms with Gasteiger partial charge in [-0.3, -0.25) is 9.78 Å². The highest BCUT2D eigenvalue weighted by Gasteiger charge is 2.08. The maximum atomic E-state index is 12.4. The summed E-state index contributed by atoms with van der Waals surface area (Å²) >= 11 is 0. The van der Waals surface area contributed by atoms with Gasteiger partial charge in [0.05, 0.1) is 12.8 Å². The lowest BCUT2D eigenvalue weighted by Gasteiger charge is -2.09. The topological polar surface area (TPSA) is 73.3 Å². The molecule has 6 nitrogen and oxygen atoms in total. The number of nitrogens with zero attached hydrogens (tertiary/aromatic N) is 2. The molecule has 0 bridgehead atoms. The quantitative estimate of drug-likeness (QED) is 0.587. The van der Waals surface area contributed by atoms with Gasteiger partial charge in [0.2, 0.25) is 5.88 Å². The molecule has 0 unspecified atom stereocenters. The van der Waals surface area contributed by atoms with Crippen LogP contribution in [-0.2, 0) is 0 Å². The second kappa shape index (κ2) is 9.33. The Morgan fingerprint density at radius 1 is 1.07 bits per heavy atom. The Bertz CT molecular complexity index is 867. The van der Waals surface area contributed by atoms with E-state index < -0.39 is 0 Å². The smallest absolute Gasteiger partial charge is 0.255 e. The number of unbranched alkanes of at least 4 members (excludes halogenated alkanes) is 1. The normalized spacial score (nSPS) is 10.3. The maximum absolute atomic E-state index is 12.4. The van der Waals surface area contributed by atoms with E-state index in [0.717, 1.165) is 18.6 Å². The zero-order chi connectivity index (χ0) is 18.9. The van der Waals surface area contributed by atoms with E-state index in [0.29, 0.717) is 29.5 Å². The second-order valence-electron chi connectivity index (χ2n) is 5.85. The summed E-state index contributed by atoms with van der Waals surface area (Å²) in [5.41, 5.74) is 1.18. The lowest BCUT2D eigenvalue weighted by atomic mass is 10.2. The molecule has 0 radical (unpaired) electrons. The summed E-state index contributed by atoms with van der Waals surface area (Å²) in [5, 5.41) is 2.86. The van der Waals surface area contributed by atoms with E-state index in [-0.39, 0.29) is 5.91 Å². The molecule has 27 heavy (non-hydrogen) atoms. The van der Waals surface area contributed by atoms with E-state index in [4.69, 9.17) is 9.47 Å². The maximum Gasteiger partial charge on any atom is 0.255 e. The molecule has 0 spiro atoms. The van der Waals surface area contributed by atoms with Crippen molar-refractivity contribution in [3.63, 3.8) is 0 Å². The molecular formula is C21H21N3O3. The van der Waals surface area contributed by atoms with Crippen molar-refractivity contribution in [3.05, 3.63) is 72.7 Å². The van der Waals surface area contributed by atoms with Gasteiger partial charge in [0.15, 0.2) is 0 Å². The second-order valence-corrected chi connectivity index (χ2v) is 5.85. The van der Waals surface area contributed by atoms with Gasteiger partial charge in [-0.25, -0.2) is 4.98 Å². The Labute approximate surface area is 158 Å². The molecule has 138 valence electrons. The standard InChI is InChI=1S/C21H21N3O3/c1-2-3-13-26-18-9-7-16(8-10-18)21(25)24-17-5-4-6-19(14-17)27-20-15-22-11-12-23-20/h4-12,14-15H,2-3,13H2,1H3,(H,24,25). The monoisotopic (exact) mass is 363 g/mol. The first kappa shape index (κ1) is 18.4. The van der Waals surface area contributed by atoms with Crippen LogP contribution in [0, 0.1) is 0 Å². The Morgan fingerprint density at radius 2 is 1.93 bits per heavy atom. The van der Waals surface area contributed by atoms with Crippen LogP contribution in [-0.4, -0.2) is 22.5 Å². The fraction of sp³-hybridized carbons (Fsp3) is 0.190. The molecule has 0 fully saturated rings. The fourth-order valence-corrected chi connectivity index (χ4v) is 2.34. The van der Waals surface area contributed by atoms with Gasteiger partial charge in [0, 0.05) is 29.7 Å². The van der Waals surface area contributed by atoms with Gasteiger partial charge in [0.25, 0.3) is 5.91 Å². The zero-order valence-electron chi connectivity index (χ0n) is 15.1. The zero-order valence-corrected chi connectivity index (χ0v) is 15.1. The van der Waals surface area contributed by atoms with Gasteiger partial charge in [-0.05, 0) is 42.8 Å². The third-order valence-electron chi connectivity index (χ3n) is 3.74. The molecule has 0 saturated heterocycles. The molecular weight excluding hydrogens is 342 g/mol. The Hall–Kier alpha value is -3.41. The van der Waals surface area contributed by atoms with Crippen LogP contribution >= 0.6 is 0 Å². The number of anilines is 1. The van der Waals surface area contributed by atoms with E-state index in [9.17, 15) is 4.79 Å². The van der Waals surface area contributed by atoms with E-state index in [1.165, 1.54) is 6.20 Å². The molecule has 6 heteroatoms. The lowest BCUT2D eigenvalue weighted by molar-refractivity contribution is 0.102. The third kappa shape index (κ3) is 5.54. The minimum absolute atomic E-state index is 0.202. The molecule has 1 aromatic heterocycles. The average molecular weight is 363 g/mol. The summed E-state index contributed by atoms with van der Waals surface area (Å²) in [7, 11) is 0. The number of rotatable bonds is 8. The number of carbonyl (C=O) groups is 1. The molecule has 3 rings (SSSR count). The molecule has 0 atom stereocenters. The van der Waals surface area contributed by atoms with Gasteiger partial charge < -0.3 is 14.8 Å². The number of aromatic nitrogens is 2. The summed E-state index contributed by atoms with van der Waals surface area (Å²) < 4.78 is 11.2. The van der Waals surface area contributed by atoms with E-state index >= 15 is 0 Å². The molecule has 2 aromatic carbocycles. The minimum Gasteiger partial charge on any atom is -0.494 e. The van der Waals surface area contributed by atoms with Gasteiger partial charge in [0.1, 0.15) is 11.5 Å². The van der Waals surface area contributed by atoms with Crippen LogP contribution in [0.2, 0.25) is 0 Å². The van der Waals surface area contributed by atoms with Crippen molar-refractivity contribution >= 4 is 11.6 Å². The predicted molar refractivity (Wildman–Crippen MR) is 103 cm³/mol. The SMILES string of the molecule is CCCCOc1ccc(C(=O)Nc2cccc(Oc3cnccn3)c2)cc1. The van der Waals surface area contributed by atoms with Crippen LogP contribution in [0.1, 0.15) is 30.1 Å². The lowest BCUT2D eigenvalue weighted by Crippen LogP contribution is -2.11. The average Bonchev–Trinajstić information content (AvgIpc) is 2.70. The number of hydrogen-bond donors (Lipinski definition) is 1. The summed E-state index contributed by atoms with van der Waals surface area (Å²) in [6.45, 7) is 2.80. The Balaban J connectivity index is 1.61. The summed E-state index contributed by atoms with van der Waals surface area (Å²) in [5.74, 6) is 1.51. The minimum atomic E-state index is -0.202. The van der Waals surface area contributed by atoms with Crippen molar-refractivity contribution in [2.24, 2.45) is 0 Å². The number of carbonyl (C=O) groups excluding carboxylic acids is 1. The Morgan fingerprint density at radius 3 is 2.67 bits per heavy atom. The third-order valence-corrected chi connectivity index (χ3v) is 3.74. The van der Waals surface area contributed by atoms with Gasteiger partial charge in [-0.2, -0.15) is 0 Å². The van der Waals surface area contributed by atoms with Crippen LogP contribution in [0.4, 0.5) is 5.69 Å². The summed E-state index contributed by atoms with van der Waals surface area (Å²) in [6.07, 6.45) is 6.74. The Kier molecular flexibility index (Phi) is 6.35. The van der Waals surface area contributed by atoms with Crippen molar-refractivity contribution in [2.45, 2.75) is 19.8 Å². The first-order valence-corrected chi connectivity index (χ1v) is 8.83. The van der Waals surface area contributed by atoms with Crippen LogP contribution < -0.4 is 14.8 Å². The van der Waals surface area contributed by atoms with E-state index in [1.807, 2.05) is 0 Å². The number of nitrogens with one attached hydrogen (secondary N) is 1. The van der Waals surface area contributed by atoms with Gasteiger partial charge in [-0.15, -0.1) is 0 Å². The number of benzene rings is 2. The predicted octanol–water partition coefficient (Wildman–Crippen LogP) is 4.70. The number of hydrogen-bond acceptors (Lipinski definition) is 5. The highest BCUT2D eigenvalue weighted by atomic mass is 16.5. The van der Waals surface area contributed by atoms with Crippen molar-refractivity contribution < 1.29 is 14.3 Å². The largest absolute Gasteiger partial charge is 0.494 e.